The zero-order valence-electron chi connectivity index (χ0n) is 15.1. The SMILES string of the molecule is C[C@H]1CCCC[C@@H]1NC(=O)COC(=O)[C@H](Cc1ccccc1)NC(N)=O. The van der Waals surface area contributed by atoms with Gasteiger partial charge in [0.15, 0.2) is 6.61 Å². The van der Waals surface area contributed by atoms with Crippen molar-refractivity contribution in [1.29, 1.82) is 0 Å². The standard InChI is InChI=1S/C19H27N3O4/c1-13-7-5-6-10-15(13)21-17(23)12-26-18(24)16(22-19(20)25)11-14-8-3-2-4-9-14/h2-4,8-9,13,15-16H,5-7,10-12H2,1H3,(H,21,23)(H3,20,22,25)/t13-,15-,16-/m0/s1. The first kappa shape index (κ1) is 19.8. The first-order valence-corrected chi connectivity index (χ1v) is 9.01. The van der Waals surface area contributed by atoms with Crippen LogP contribution >= 0.6 is 0 Å². The first-order chi connectivity index (χ1) is 12.5. The van der Waals surface area contributed by atoms with Gasteiger partial charge in [-0.2, -0.15) is 0 Å². The van der Waals surface area contributed by atoms with Crippen molar-refractivity contribution in [2.45, 2.75) is 51.1 Å². The number of esters is 1. The highest BCUT2D eigenvalue weighted by Gasteiger charge is 2.25. The average Bonchev–Trinajstić information content (AvgIpc) is 2.61. The number of hydrogen-bond acceptors (Lipinski definition) is 4. The predicted molar refractivity (Wildman–Crippen MR) is 97.2 cm³/mol. The Morgan fingerprint density at radius 2 is 1.88 bits per heavy atom. The molecular formula is C19H27N3O4. The summed E-state index contributed by atoms with van der Waals surface area (Å²) < 4.78 is 5.09. The minimum Gasteiger partial charge on any atom is -0.454 e. The van der Waals surface area contributed by atoms with Gasteiger partial charge < -0.3 is 21.1 Å². The quantitative estimate of drug-likeness (QED) is 0.639. The van der Waals surface area contributed by atoms with E-state index in [2.05, 4.69) is 17.6 Å². The molecule has 0 unspecified atom stereocenters. The summed E-state index contributed by atoms with van der Waals surface area (Å²) in [6.07, 6.45) is 4.55. The van der Waals surface area contributed by atoms with Gasteiger partial charge >= 0.3 is 12.0 Å². The summed E-state index contributed by atoms with van der Waals surface area (Å²) in [6, 6.07) is 7.56. The first-order valence-electron chi connectivity index (χ1n) is 9.01. The maximum atomic E-state index is 12.3. The molecule has 0 aromatic heterocycles. The normalized spacial score (nSPS) is 20.7. The van der Waals surface area contributed by atoms with Crippen molar-refractivity contribution in [2.24, 2.45) is 11.7 Å². The smallest absolute Gasteiger partial charge is 0.329 e. The molecular weight excluding hydrogens is 334 g/mol. The molecule has 0 heterocycles. The summed E-state index contributed by atoms with van der Waals surface area (Å²) in [7, 11) is 0. The third kappa shape index (κ3) is 6.38. The van der Waals surface area contributed by atoms with E-state index in [4.69, 9.17) is 10.5 Å². The van der Waals surface area contributed by atoms with Gasteiger partial charge in [-0.1, -0.05) is 50.1 Å². The molecule has 3 atom stereocenters. The van der Waals surface area contributed by atoms with Crippen molar-refractivity contribution in [3.8, 4) is 0 Å². The second-order valence-corrected chi connectivity index (χ2v) is 6.79. The highest BCUT2D eigenvalue weighted by atomic mass is 16.5. The van der Waals surface area contributed by atoms with Crippen molar-refractivity contribution < 1.29 is 19.1 Å². The molecule has 7 nitrogen and oxygen atoms in total. The monoisotopic (exact) mass is 361 g/mol. The van der Waals surface area contributed by atoms with Crippen molar-refractivity contribution in [3.05, 3.63) is 35.9 Å². The molecule has 0 spiro atoms. The van der Waals surface area contributed by atoms with Gasteiger partial charge in [-0.3, -0.25) is 4.79 Å². The van der Waals surface area contributed by atoms with Gasteiger partial charge in [0, 0.05) is 12.5 Å². The van der Waals surface area contributed by atoms with Crippen LogP contribution in [-0.4, -0.2) is 36.6 Å². The van der Waals surface area contributed by atoms with Gasteiger partial charge in [0.25, 0.3) is 5.91 Å². The minimum absolute atomic E-state index is 0.124. The Kier molecular flexibility index (Phi) is 7.44. The van der Waals surface area contributed by atoms with Gasteiger partial charge in [-0.15, -0.1) is 0 Å². The van der Waals surface area contributed by atoms with Crippen molar-refractivity contribution >= 4 is 17.9 Å². The maximum absolute atomic E-state index is 12.3. The van der Waals surface area contributed by atoms with E-state index in [9.17, 15) is 14.4 Å². The molecule has 3 amide bonds. The van der Waals surface area contributed by atoms with E-state index in [-0.39, 0.29) is 25.0 Å². The lowest BCUT2D eigenvalue weighted by Gasteiger charge is -2.29. The Morgan fingerprint density at radius 3 is 2.54 bits per heavy atom. The molecule has 4 N–H and O–H groups in total. The third-order valence-corrected chi connectivity index (χ3v) is 4.69. The summed E-state index contributed by atoms with van der Waals surface area (Å²) in [4.78, 5) is 35.5. The van der Waals surface area contributed by atoms with Crippen LogP contribution in [0.25, 0.3) is 0 Å². The largest absolute Gasteiger partial charge is 0.454 e. The van der Waals surface area contributed by atoms with Crippen LogP contribution in [0.5, 0.6) is 0 Å². The van der Waals surface area contributed by atoms with E-state index < -0.39 is 18.0 Å². The summed E-state index contributed by atoms with van der Waals surface area (Å²) in [6.45, 7) is 1.75. The van der Waals surface area contributed by atoms with Crippen LogP contribution in [0.4, 0.5) is 4.79 Å². The number of amides is 3. The zero-order valence-corrected chi connectivity index (χ0v) is 15.1. The fourth-order valence-electron chi connectivity index (χ4n) is 3.23. The van der Waals surface area contributed by atoms with Gasteiger partial charge in [-0.05, 0) is 24.3 Å². The molecule has 1 saturated carbocycles. The Bertz CT molecular complexity index is 620. The number of urea groups is 1. The lowest BCUT2D eigenvalue weighted by molar-refractivity contribution is -0.150. The minimum atomic E-state index is -0.934. The number of carbonyl (C=O) groups is 3. The van der Waals surface area contributed by atoms with E-state index in [1.807, 2.05) is 30.3 Å². The van der Waals surface area contributed by atoms with Gasteiger partial charge in [0.1, 0.15) is 6.04 Å². The topological polar surface area (TPSA) is 111 Å². The number of hydrogen-bond donors (Lipinski definition) is 3. The second kappa shape index (κ2) is 9.79. The number of carbonyl (C=O) groups excluding carboxylic acids is 3. The zero-order chi connectivity index (χ0) is 18.9. The van der Waals surface area contributed by atoms with Crippen LogP contribution in [0.3, 0.4) is 0 Å². The number of rotatable bonds is 7. The fraction of sp³-hybridized carbons (Fsp3) is 0.526. The Labute approximate surface area is 153 Å². The molecule has 2 rings (SSSR count). The van der Waals surface area contributed by atoms with E-state index in [0.29, 0.717) is 5.92 Å². The van der Waals surface area contributed by atoms with E-state index in [1.165, 1.54) is 6.42 Å². The van der Waals surface area contributed by atoms with Crippen LogP contribution in [0, 0.1) is 5.92 Å². The molecule has 0 bridgehead atoms. The van der Waals surface area contributed by atoms with Crippen LogP contribution in [0.1, 0.15) is 38.2 Å². The molecule has 142 valence electrons. The number of benzene rings is 1. The molecule has 1 aromatic carbocycles. The maximum Gasteiger partial charge on any atom is 0.329 e. The fourth-order valence-corrected chi connectivity index (χ4v) is 3.23. The van der Waals surface area contributed by atoms with Crippen LogP contribution in [0.15, 0.2) is 30.3 Å². The lowest BCUT2D eigenvalue weighted by Crippen LogP contribution is -2.47. The van der Waals surface area contributed by atoms with Gasteiger partial charge in [0.05, 0.1) is 0 Å². The summed E-state index contributed by atoms with van der Waals surface area (Å²) in [5.74, 6) is -0.583. The number of nitrogens with one attached hydrogen (secondary N) is 2. The number of primary amides is 1. The third-order valence-electron chi connectivity index (χ3n) is 4.69. The molecule has 1 aliphatic carbocycles. The van der Waals surface area contributed by atoms with Crippen molar-refractivity contribution in [3.63, 3.8) is 0 Å². The van der Waals surface area contributed by atoms with Crippen LogP contribution < -0.4 is 16.4 Å². The molecule has 0 saturated heterocycles. The Balaban J connectivity index is 1.85. The Morgan fingerprint density at radius 1 is 1.19 bits per heavy atom. The summed E-state index contributed by atoms with van der Waals surface area (Å²) >= 11 is 0. The number of ether oxygens (including phenoxy) is 1. The summed E-state index contributed by atoms with van der Waals surface area (Å²) in [5.41, 5.74) is 5.99. The Hall–Kier alpha value is -2.57. The summed E-state index contributed by atoms with van der Waals surface area (Å²) in [5, 5.41) is 5.30. The molecule has 7 heteroatoms. The van der Waals surface area contributed by atoms with Crippen LogP contribution in [0.2, 0.25) is 0 Å². The number of nitrogens with two attached hydrogens (primary N) is 1. The highest BCUT2D eigenvalue weighted by molar-refractivity contribution is 5.85. The van der Waals surface area contributed by atoms with Crippen LogP contribution in [-0.2, 0) is 20.7 Å². The molecule has 0 radical (unpaired) electrons. The highest BCUT2D eigenvalue weighted by Crippen LogP contribution is 2.23. The molecule has 26 heavy (non-hydrogen) atoms. The molecule has 1 aromatic rings. The van der Waals surface area contributed by atoms with Gasteiger partial charge in [0.2, 0.25) is 0 Å². The van der Waals surface area contributed by atoms with E-state index in [1.54, 1.807) is 0 Å². The van der Waals surface area contributed by atoms with Gasteiger partial charge in [-0.25, -0.2) is 9.59 Å². The molecule has 1 fully saturated rings. The van der Waals surface area contributed by atoms with E-state index >= 15 is 0 Å². The average molecular weight is 361 g/mol. The molecule has 0 aliphatic heterocycles. The van der Waals surface area contributed by atoms with Crippen molar-refractivity contribution in [2.75, 3.05) is 6.61 Å². The second-order valence-electron chi connectivity index (χ2n) is 6.79. The predicted octanol–water partition coefficient (Wildman–Crippen LogP) is 1.50. The molecule has 1 aliphatic rings. The van der Waals surface area contributed by atoms with E-state index in [0.717, 1.165) is 24.8 Å². The van der Waals surface area contributed by atoms with Crippen molar-refractivity contribution in [1.82, 2.24) is 10.6 Å². The lowest BCUT2D eigenvalue weighted by atomic mass is 9.86.